The van der Waals surface area contributed by atoms with Crippen molar-refractivity contribution in [2.75, 3.05) is 26.2 Å². The zero-order valence-corrected chi connectivity index (χ0v) is 19.2. The van der Waals surface area contributed by atoms with Crippen LogP contribution in [0.2, 0.25) is 5.02 Å². The number of para-hydroxylation sites is 1. The normalized spacial score (nSPS) is 23.6. The Kier molecular flexibility index (Phi) is 5.40. The summed E-state index contributed by atoms with van der Waals surface area (Å²) < 4.78 is 20.1. The van der Waals surface area contributed by atoms with Gasteiger partial charge in [0.15, 0.2) is 0 Å². The highest BCUT2D eigenvalue weighted by atomic mass is 35.5. The van der Waals surface area contributed by atoms with Crippen LogP contribution in [0.15, 0.2) is 42.5 Å². The van der Waals surface area contributed by atoms with E-state index < -0.39 is 0 Å². The predicted octanol–water partition coefficient (Wildman–Crippen LogP) is 4.95. The molecule has 0 spiro atoms. The number of morpholine rings is 1. The molecule has 2 aromatic carbocycles. The summed E-state index contributed by atoms with van der Waals surface area (Å²) in [7, 11) is 0. The minimum Gasteiger partial charge on any atom is -0.374 e. The number of carbonyl (C=O) groups excluding carboxylic acids is 1. The Hall–Kier alpha value is -2.41. The average Bonchev–Trinajstić information content (AvgIpc) is 3.55. The SMILES string of the molecule is O=C(c1[nH]c2ccccc2c1CN1CCC(c2c(F)cccc2Cl)CC1)N1CC2CC1CO2. The van der Waals surface area contributed by atoms with Gasteiger partial charge in [-0.25, -0.2) is 4.39 Å². The maximum absolute atomic E-state index is 14.4. The molecule has 172 valence electrons. The lowest BCUT2D eigenvalue weighted by atomic mass is 9.88. The highest BCUT2D eigenvalue weighted by Crippen LogP contribution is 2.36. The fourth-order valence-corrected chi connectivity index (χ4v) is 6.16. The van der Waals surface area contributed by atoms with Gasteiger partial charge in [0.1, 0.15) is 11.5 Å². The molecular weight excluding hydrogens is 441 g/mol. The van der Waals surface area contributed by atoms with E-state index in [1.807, 2.05) is 23.1 Å². The number of nitrogens with zero attached hydrogens (tertiary/aromatic N) is 2. The molecule has 3 aliphatic heterocycles. The molecule has 6 rings (SSSR count). The number of piperidine rings is 1. The summed E-state index contributed by atoms with van der Waals surface area (Å²) in [6, 6.07) is 13.2. The predicted molar refractivity (Wildman–Crippen MR) is 126 cm³/mol. The van der Waals surface area contributed by atoms with Crippen molar-refractivity contribution >= 4 is 28.4 Å². The number of benzene rings is 2. The zero-order valence-electron chi connectivity index (χ0n) is 18.4. The van der Waals surface area contributed by atoms with Crippen LogP contribution < -0.4 is 0 Å². The third kappa shape index (κ3) is 3.74. The first-order chi connectivity index (χ1) is 16.1. The number of aromatic nitrogens is 1. The molecule has 33 heavy (non-hydrogen) atoms. The van der Waals surface area contributed by atoms with Crippen molar-refractivity contribution in [1.29, 1.82) is 0 Å². The Labute approximate surface area is 197 Å². The largest absolute Gasteiger partial charge is 0.374 e. The number of hydrogen-bond acceptors (Lipinski definition) is 3. The Morgan fingerprint density at radius 2 is 1.97 bits per heavy atom. The monoisotopic (exact) mass is 467 g/mol. The van der Waals surface area contributed by atoms with Crippen molar-refractivity contribution < 1.29 is 13.9 Å². The molecule has 2 unspecified atom stereocenters. The number of H-pyrrole nitrogens is 1. The molecule has 1 aromatic heterocycles. The van der Waals surface area contributed by atoms with E-state index in [9.17, 15) is 9.18 Å². The standard InChI is InChI=1S/C26H27ClFN3O2/c27-21-5-3-6-22(28)24(21)16-8-10-30(11-9-16)14-20-19-4-1-2-7-23(19)29-25(20)26(32)31-13-18-12-17(31)15-33-18/h1-7,16-18,29H,8-15H2. The van der Waals surface area contributed by atoms with Crippen LogP contribution in [0.1, 0.15) is 46.8 Å². The number of ether oxygens (including phenoxy) is 1. The van der Waals surface area contributed by atoms with Gasteiger partial charge in [-0.2, -0.15) is 0 Å². The van der Waals surface area contributed by atoms with Gasteiger partial charge in [-0.05, 0) is 56.5 Å². The average molecular weight is 468 g/mol. The molecule has 1 amide bonds. The van der Waals surface area contributed by atoms with E-state index >= 15 is 0 Å². The molecule has 3 aliphatic rings. The fraction of sp³-hybridized carbons (Fsp3) is 0.423. The van der Waals surface area contributed by atoms with Crippen LogP contribution in [-0.4, -0.2) is 59.1 Å². The van der Waals surface area contributed by atoms with Gasteiger partial charge in [0, 0.05) is 40.1 Å². The molecule has 2 atom stereocenters. The molecule has 3 saturated heterocycles. The van der Waals surface area contributed by atoms with Crippen LogP contribution in [0, 0.1) is 5.82 Å². The fourth-order valence-electron chi connectivity index (χ4n) is 5.84. The summed E-state index contributed by atoms with van der Waals surface area (Å²) in [6.45, 7) is 3.68. The van der Waals surface area contributed by atoms with Crippen molar-refractivity contribution in [3.05, 3.63) is 70.1 Å². The maximum Gasteiger partial charge on any atom is 0.271 e. The van der Waals surface area contributed by atoms with Crippen molar-refractivity contribution in [3.63, 3.8) is 0 Å². The molecule has 0 radical (unpaired) electrons. The van der Waals surface area contributed by atoms with Crippen molar-refractivity contribution in [2.24, 2.45) is 0 Å². The van der Waals surface area contributed by atoms with E-state index in [2.05, 4.69) is 16.0 Å². The highest BCUT2D eigenvalue weighted by Gasteiger charge is 2.42. The van der Waals surface area contributed by atoms with Gasteiger partial charge in [-0.1, -0.05) is 35.9 Å². The summed E-state index contributed by atoms with van der Waals surface area (Å²) in [5, 5.41) is 1.61. The van der Waals surface area contributed by atoms with Gasteiger partial charge in [0.25, 0.3) is 5.91 Å². The van der Waals surface area contributed by atoms with Crippen LogP contribution in [0.4, 0.5) is 4.39 Å². The van der Waals surface area contributed by atoms with Crippen LogP contribution in [0.3, 0.4) is 0 Å². The third-order valence-corrected chi connectivity index (χ3v) is 7.90. The molecule has 0 aliphatic carbocycles. The van der Waals surface area contributed by atoms with Crippen molar-refractivity contribution in [2.45, 2.75) is 43.9 Å². The molecule has 7 heteroatoms. The first-order valence-electron chi connectivity index (χ1n) is 11.8. The second-order valence-electron chi connectivity index (χ2n) is 9.51. The van der Waals surface area contributed by atoms with Crippen molar-refractivity contribution in [3.8, 4) is 0 Å². The minimum absolute atomic E-state index is 0.0741. The molecule has 1 N–H and O–H groups in total. The lowest BCUT2D eigenvalue weighted by Gasteiger charge is -2.33. The number of rotatable bonds is 4. The number of halogens is 2. The lowest BCUT2D eigenvalue weighted by Crippen LogP contribution is -2.42. The molecule has 3 fully saturated rings. The number of amides is 1. The molecular formula is C26H27ClFN3O2. The summed E-state index contributed by atoms with van der Waals surface area (Å²) >= 11 is 6.32. The molecule has 2 bridgehead atoms. The number of hydrogen-bond donors (Lipinski definition) is 1. The number of aromatic amines is 1. The lowest BCUT2D eigenvalue weighted by molar-refractivity contribution is 0.0255. The maximum atomic E-state index is 14.4. The van der Waals surface area contributed by atoms with E-state index in [0.29, 0.717) is 36.0 Å². The van der Waals surface area contributed by atoms with Gasteiger partial charge in [0.2, 0.25) is 0 Å². The van der Waals surface area contributed by atoms with Crippen LogP contribution in [0.5, 0.6) is 0 Å². The van der Waals surface area contributed by atoms with Crippen LogP contribution in [0.25, 0.3) is 10.9 Å². The first-order valence-corrected chi connectivity index (χ1v) is 12.1. The van der Waals surface area contributed by atoms with E-state index in [-0.39, 0.29) is 29.8 Å². The summed E-state index contributed by atoms with van der Waals surface area (Å²) in [5.41, 5.74) is 3.39. The summed E-state index contributed by atoms with van der Waals surface area (Å²) in [4.78, 5) is 21.3. The van der Waals surface area contributed by atoms with E-state index in [1.165, 1.54) is 6.07 Å². The number of carbonyl (C=O) groups is 1. The molecule has 3 aromatic rings. The Bertz CT molecular complexity index is 1180. The van der Waals surface area contributed by atoms with Crippen LogP contribution in [-0.2, 0) is 11.3 Å². The van der Waals surface area contributed by atoms with Gasteiger partial charge in [-0.15, -0.1) is 0 Å². The molecule has 0 saturated carbocycles. The number of likely N-dealkylation sites (tertiary alicyclic amines) is 2. The number of fused-ring (bicyclic) bond motifs is 3. The quantitative estimate of drug-likeness (QED) is 0.590. The van der Waals surface area contributed by atoms with E-state index in [0.717, 1.165) is 48.8 Å². The zero-order chi connectivity index (χ0) is 22.5. The number of nitrogens with one attached hydrogen (secondary N) is 1. The van der Waals surface area contributed by atoms with E-state index in [1.54, 1.807) is 12.1 Å². The highest BCUT2D eigenvalue weighted by molar-refractivity contribution is 6.31. The minimum atomic E-state index is -0.214. The Balaban J connectivity index is 1.23. The third-order valence-electron chi connectivity index (χ3n) is 7.57. The molecule has 4 heterocycles. The first kappa shape index (κ1) is 21.1. The Morgan fingerprint density at radius 1 is 1.15 bits per heavy atom. The van der Waals surface area contributed by atoms with Gasteiger partial charge in [0.05, 0.1) is 18.8 Å². The molecule has 5 nitrogen and oxygen atoms in total. The van der Waals surface area contributed by atoms with Gasteiger partial charge in [-0.3, -0.25) is 9.69 Å². The summed E-state index contributed by atoms with van der Waals surface area (Å²) in [5.74, 6) is -0.0152. The van der Waals surface area contributed by atoms with E-state index in [4.69, 9.17) is 16.3 Å². The van der Waals surface area contributed by atoms with Crippen LogP contribution >= 0.6 is 11.6 Å². The smallest absolute Gasteiger partial charge is 0.271 e. The topological polar surface area (TPSA) is 48.6 Å². The van der Waals surface area contributed by atoms with Gasteiger partial charge < -0.3 is 14.6 Å². The van der Waals surface area contributed by atoms with Gasteiger partial charge >= 0.3 is 0 Å². The van der Waals surface area contributed by atoms with Crippen molar-refractivity contribution in [1.82, 2.24) is 14.8 Å². The summed E-state index contributed by atoms with van der Waals surface area (Å²) in [6.07, 6.45) is 2.81. The second-order valence-corrected chi connectivity index (χ2v) is 9.92. The Morgan fingerprint density at radius 3 is 2.70 bits per heavy atom. The second kappa shape index (κ2) is 8.42.